The summed E-state index contributed by atoms with van der Waals surface area (Å²) >= 11 is 13.1. The predicted octanol–water partition coefficient (Wildman–Crippen LogP) is 5.46. The van der Waals surface area contributed by atoms with Gasteiger partial charge in [0.15, 0.2) is 0 Å². The Hall–Kier alpha value is -2.23. The van der Waals surface area contributed by atoms with Gasteiger partial charge in [0.2, 0.25) is 5.91 Å². The van der Waals surface area contributed by atoms with Gasteiger partial charge in [-0.25, -0.2) is 9.67 Å². The first-order valence-corrected chi connectivity index (χ1v) is 10.0. The van der Waals surface area contributed by atoms with Gasteiger partial charge >= 0.3 is 6.18 Å². The molecular formula is C18H13Cl2F3N4OS. The van der Waals surface area contributed by atoms with Gasteiger partial charge in [-0.1, -0.05) is 29.3 Å². The van der Waals surface area contributed by atoms with Crippen molar-refractivity contribution < 1.29 is 18.0 Å². The van der Waals surface area contributed by atoms with E-state index in [0.717, 1.165) is 17.7 Å². The summed E-state index contributed by atoms with van der Waals surface area (Å²) in [7, 11) is 0. The standard InChI is InChI=1S/C18H13Cl2F3N4OS/c19-13-3-1-11(5-14(13)20)7-29-8-17(28)26-15-6-12(18(21,22)23)2-4-16(15)27-10-24-9-25-27/h1-6,9-10H,7-8H2,(H,26,28). The Bertz CT molecular complexity index is 1010. The highest BCUT2D eigenvalue weighted by Crippen LogP contribution is 2.33. The summed E-state index contributed by atoms with van der Waals surface area (Å²) in [5.74, 6) is 0.0756. The van der Waals surface area contributed by atoms with E-state index in [2.05, 4.69) is 15.4 Å². The summed E-state index contributed by atoms with van der Waals surface area (Å²) in [5.41, 5.74) is 0.267. The van der Waals surface area contributed by atoms with E-state index in [1.165, 1.54) is 35.2 Å². The first-order valence-electron chi connectivity index (χ1n) is 8.12. The van der Waals surface area contributed by atoms with Gasteiger partial charge in [-0.15, -0.1) is 11.8 Å². The highest BCUT2D eigenvalue weighted by Gasteiger charge is 2.31. The summed E-state index contributed by atoms with van der Waals surface area (Å²) in [5, 5.41) is 7.28. The number of aromatic nitrogens is 3. The fraction of sp³-hybridized carbons (Fsp3) is 0.167. The molecule has 0 unspecified atom stereocenters. The lowest BCUT2D eigenvalue weighted by Gasteiger charge is -2.14. The van der Waals surface area contributed by atoms with Crippen molar-refractivity contribution in [3.05, 3.63) is 70.2 Å². The van der Waals surface area contributed by atoms with Crippen molar-refractivity contribution in [2.75, 3.05) is 11.1 Å². The Morgan fingerprint density at radius 1 is 1.14 bits per heavy atom. The lowest BCUT2D eigenvalue weighted by Crippen LogP contribution is -2.17. The van der Waals surface area contributed by atoms with Gasteiger partial charge in [0.05, 0.1) is 32.7 Å². The third-order valence-electron chi connectivity index (χ3n) is 3.75. The minimum atomic E-state index is -4.54. The molecule has 0 saturated heterocycles. The first-order chi connectivity index (χ1) is 13.7. The van der Waals surface area contributed by atoms with Crippen molar-refractivity contribution in [2.45, 2.75) is 11.9 Å². The van der Waals surface area contributed by atoms with E-state index in [1.54, 1.807) is 18.2 Å². The predicted molar refractivity (Wildman–Crippen MR) is 108 cm³/mol. The van der Waals surface area contributed by atoms with Crippen molar-refractivity contribution in [3.8, 4) is 5.69 Å². The lowest BCUT2D eigenvalue weighted by molar-refractivity contribution is -0.137. The van der Waals surface area contributed by atoms with Crippen LogP contribution in [0.25, 0.3) is 5.69 Å². The van der Waals surface area contributed by atoms with Crippen molar-refractivity contribution in [1.82, 2.24) is 14.8 Å². The van der Waals surface area contributed by atoms with Crippen molar-refractivity contribution >= 4 is 46.6 Å². The maximum absolute atomic E-state index is 13.1. The molecule has 0 spiro atoms. The molecule has 0 aliphatic carbocycles. The van der Waals surface area contributed by atoms with Gasteiger partial charge in [-0.05, 0) is 35.9 Å². The molecular weight excluding hydrogens is 448 g/mol. The van der Waals surface area contributed by atoms with E-state index >= 15 is 0 Å². The number of nitrogens with zero attached hydrogens (tertiary/aromatic N) is 3. The maximum atomic E-state index is 13.1. The zero-order valence-corrected chi connectivity index (χ0v) is 16.9. The van der Waals surface area contributed by atoms with E-state index < -0.39 is 17.6 Å². The molecule has 1 N–H and O–H groups in total. The van der Waals surface area contributed by atoms with Crippen LogP contribution in [0.15, 0.2) is 49.1 Å². The molecule has 0 aliphatic rings. The minimum Gasteiger partial charge on any atom is -0.323 e. The van der Waals surface area contributed by atoms with Crippen LogP contribution in [-0.2, 0) is 16.7 Å². The second-order valence-electron chi connectivity index (χ2n) is 5.86. The Labute approximate surface area is 178 Å². The number of anilines is 1. The number of carbonyl (C=O) groups excluding carboxylic acids is 1. The Kier molecular flexibility index (Phi) is 6.71. The van der Waals surface area contributed by atoms with Crippen LogP contribution in [0.4, 0.5) is 18.9 Å². The summed E-state index contributed by atoms with van der Waals surface area (Å²) < 4.78 is 40.5. The molecule has 3 aromatic rings. The second-order valence-corrected chi connectivity index (χ2v) is 7.66. The number of alkyl halides is 3. The van der Waals surface area contributed by atoms with Gasteiger partial charge in [0, 0.05) is 5.75 Å². The minimum absolute atomic E-state index is 0.00883. The van der Waals surface area contributed by atoms with Crippen LogP contribution in [0, 0.1) is 0 Å². The van der Waals surface area contributed by atoms with Crippen LogP contribution < -0.4 is 5.32 Å². The molecule has 0 aliphatic heterocycles. The number of carbonyl (C=O) groups is 1. The normalized spacial score (nSPS) is 11.5. The largest absolute Gasteiger partial charge is 0.416 e. The van der Waals surface area contributed by atoms with Crippen LogP contribution in [0.3, 0.4) is 0 Å². The van der Waals surface area contributed by atoms with Gasteiger partial charge in [0.25, 0.3) is 0 Å². The molecule has 0 atom stereocenters. The van der Waals surface area contributed by atoms with Crippen LogP contribution >= 0.6 is 35.0 Å². The Morgan fingerprint density at radius 3 is 2.59 bits per heavy atom. The molecule has 1 heterocycles. The molecule has 0 bridgehead atoms. The molecule has 0 saturated carbocycles. The van der Waals surface area contributed by atoms with Gasteiger partial charge in [-0.2, -0.15) is 18.3 Å². The van der Waals surface area contributed by atoms with Crippen molar-refractivity contribution in [2.24, 2.45) is 0 Å². The van der Waals surface area contributed by atoms with E-state index in [-0.39, 0.29) is 17.1 Å². The summed E-state index contributed by atoms with van der Waals surface area (Å²) in [6, 6.07) is 8.17. The highest BCUT2D eigenvalue weighted by molar-refractivity contribution is 7.99. The van der Waals surface area contributed by atoms with Crippen LogP contribution in [0.2, 0.25) is 10.0 Å². The van der Waals surface area contributed by atoms with E-state index in [9.17, 15) is 18.0 Å². The quantitative estimate of drug-likeness (QED) is 0.530. The smallest absolute Gasteiger partial charge is 0.323 e. The molecule has 0 fully saturated rings. The Balaban J connectivity index is 1.70. The highest BCUT2D eigenvalue weighted by atomic mass is 35.5. The molecule has 1 aromatic heterocycles. The van der Waals surface area contributed by atoms with E-state index in [4.69, 9.17) is 23.2 Å². The number of benzene rings is 2. The lowest BCUT2D eigenvalue weighted by atomic mass is 10.1. The number of hydrogen-bond acceptors (Lipinski definition) is 4. The number of rotatable bonds is 6. The van der Waals surface area contributed by atoms with Crippen molar-refractivity contribution in [1.29, 1.82) is 0 Å². The number of halogens is 5. The number of thioether (sulfide) groups is 1. The molecule has 11 heteroatoms. The zero-order valence-electron chi connectivity index (χ0n) is 14.6. The molecule has 3 rings (SSSR count). The molecule has 5 nitrogen and oxygen atoms in total. The van der Waals surface area contributed by atoms with Gasteiger partial charge in [0.1, 0.15) is 12.7 Å². The average Bonchev–Trinajstić information content (AvgIpc) is 3.18. The average molecular weight is 461 g/mol. The van der Waals surface area contributed by atoms with Gasteiger partial charge < -0.3 is 5.32 Å². The molecule has 1 amide bonds. The monoisotopic (exact) mass is 460 g/mol. The number of amides is 1. The zero-order chi connectivity index (χ0) is 21.0. The van der Waals surface area contributed by atoms with Crippen LogP contribution in [0.1, 0.15) is 11.1 Å². The summed E-state index contributed by atoms with van der Waals surface area (Å²) in [4.78, 5) is 16.1. The fourth-order valence-corrected chi connectivity index (χ4v) is 3.52. The SMILES string of the molecule is O=C(CSCc1ccc(Cl)c(Cl)c1)Nc1cc(C(F)(F)F)ccc1-n1cncn1. The third kappa shape index (κ3) is 5.65. The third-order valence-corrected chi connectivity index (χ3v) is 5.49. The first kappa shape index (κ1) is 21.5. The van der Waals surface area contributed by atoms with Crippen molar-refractivity contribution in [3.63, 3.8) is 0 Å². The molecule has 29 heavy (non-hydrogen) atoms. The number of hydrogen-bond donors (Lipinski definition) is 1. The van der Waals surface area contributed by atoms with Crippen LogP contribution in [-0.4, -0.2) is 26.4 Å². The van der Waals surface area contributed by atoms with Gasteiger partial charge in [-0.3, -0.25) is 4.79 Å². The second kappa shape index (κ2) is 9.06. The van der Waals surface area contributed by atoms with Crippen LogP contribution in [0.5, 0.6) is 0 Å². The fourth-order valence-electron chi connectivity index (χ4n) is 2.42. The van der Waals surface area contributed by atoms with E-state index in [0.29, 0.717) is 15.8 Å². The number of nitrogens with one attached hydrogen (secondary N) is 1. The summed E-state index contributed by atoms with van der Waals surface area (Å²) in [6.45, 7) is 0. The topological polar surface area (TPSA) is 59.8 Å². The molecule has 0 radical (unpaired) electrons. The molecule has 152 valence electrons. The summed E-state index contributed by atoms with van der Waals surface area (Å²) in [6.07, 6.45) is -1.96. The van der Waals surface area contributed by atoms with E-state index in [1.807, 2.05) is 0 Å². The maximum Gasteiger partial charge on any atom is 0.416 e. The Morgan fingerprint density at radius 2 is 1.93 bits per heavy atom. The molecule has 2 aromatic carbocycles.